The summed E-state index contributed by atoms with van der Waals surface area (Å²) >= 11 is 7.63. The number of aliphatic imine (C=N–C) groups is 1. The summed E-state index contributed by atoms with van der Waals surface area (Å²) in [5.41, 5.74) is 0. The first kappa shape index (κ1) is 19.4. The average molecular weight is 407 g/mol. The van der Waals surface area contributed by atoms with Gasteiger partial charge < -0.3 is 19.2 Å². The van der Waals surface area contributed by atoms with Gasteiger partial charge in [0.05, 0.1) is 17.1 Å². The predicted octanol–water partition coefficient (Wildman–Crippen LogP) is 3.43. The first-order valence-electron chi connectivity index (χ1n) is 8.78. The van der Waals surface area contributed by atoms with Crippen LogP contribution < -0.4 is 5.32 Å². The molecular weight excluding hydrogens is 384 g/mol. The number of aromatic nitrogens is 3. The lowest BCUT2D eigenvalue weighted by molar-refractivity contribution is 0.468. The van der Waals surface area contributed by atoms with E-state index in [4.69, 9.17) is 21.0 Å². The highest BCUT2D eigenvalue weighted by molar-refractivity contribution is 7.16. The van der Waals surface area contributed by atoms with Crippen LogP contribution >= 0.6 is 22.9 Å². The van der Waals surface area contributed by atoms with Crippen molar-refractivity contribution in [2.24, 2.45) is 4.99 Å². The Morgan fingerprint density at radius 2 is 2.30 bits per heavy atom. The molecule has 0 saturated carbocycles. The molecule has 3 aromatic heterocycles. The van der Waals surface area contributed by atoms with Gasteiger partial charge in [0.25, 0.3) is 0 Å². The standard InChI is InChI=1S/C18H23ClN6OS/c1-3-17-23-22-13-25(17)9-8-20-18(21-11-14-5-4-10-26-14)24(2)12-15-6-7-16(19)27-15/h4-7,10,13H,3,8-9,11-12H2,1-2H3,(H,20,21). The van der Waals surface area contributed by atoms with E-state index in [2.05, 4.69) is 31.9 Å². The Balaban J connectivity index is 1.64. The van der Waals surface area contributed by atoms with Gasteiger partial charge in [-0.15, -0.1) is 21.5 Å². The molecule has 0 radical (unpaired) electrons. The largest absolute Gasteiger partial charge is 0.467 e. The van der Waals surface area contributed by atoms with Gasteiger partial charge in [-0.05, 0) is 24.3 Å². The van der Waals surface area contributed by atoms with Crippen molar-refractivity contribution in [1.82, 2.24) is 25.0 Å². The molecule has 3 rings (SSSR count). The van der Waals surface area contributed by atoms with Crippen LogP contribution in [0.3, 0.4) is 0 Å². The predicted molar refractivity (Wildman–Crippen MR) is 108 cm³/mol. The highest BCUT2D eigenvalue weighted by atomic mass is 35.5. The van der Waals surface area contributed by atoms with Gasteiger partial charge >= 0.3 is 0 Å². The lowest BCUT2D eigenvalue weighted by atomic mass is 10.4. The van der Waals surface area contributed by atoms with Crippen molar-refractivity contribution >= 4 is 28.9 Å². The summed E-state index contributed by atoms with van der Waals surface area (Å²) < 4.78 is 8.23. The molecular formula is C18H23ClN6OS. The van der Waals surface area contributed by atoms with Gasteiger partial charge in [0.2, 0.25) is 0 Å². The van der Waals surface area contributed by atoms with Crippen LogP contribution in [-0.2, 0) is 26.1 Å². The molecule has 0 aliphatic heterocycles. The molecule has 0 aliphatic rings. The maximum Gasteiger partial charge on any atom is 0.194 e. The second-order valence-corrected chi connectivity index (χ2v) is 7.80. The third kappa shape index (κ3) is 5.58. The molecule has 144 valence electrons. The van der Waals surface area contributed by atoms with Crippen LogP contribution in [0.4, 0.5) is 0 Å². The number of thiophene rings is 1. The van der Waals surface area contributed by atoms with E-state index in [0.717, 1.165) is 47.9 Å². The third-order valence-corrected chi connectivity index (χ3v) is 5.21. The van der Waals surface area contributed by atoms with Gasteiger partial charge in [-0.2, -0.15) is 0 Å². The Bertz CT molecular complexity index is 857. The van der Waals surface area contributed by atoms with Crippen molar-refractivity contribution in [2.45, 2.75) is 33.0 Å². The zero-order valence-corrected chi connectivity index (χ0v) is 17.0. The lowest BCUT2D eigenvalue weighted by Gasteiger charge is -2.22. The van der Waals surface area contributed by atoms with Crippen molar-refractivity contribution in [1.29, 1.82) is 0 Å². The topological polar surface area (TPSA) is 71.5 Å². The molecule has 0 spiro atoms. The molecule has 1 N–H and O–H groups in total. The molecule has 3 heterocycles. The van der Waals surface area contributed by atoms with E-state index in [1.165, 1.54) is 4.88 Å². The Morgan fingerprint density at radius 1 is 1.41 bits per heavy atom. The Labute approximate surface area is 167 Å². The van der Waals surface area contributed by atoms with Gasteiger partial charge in [-0.3, -0.25) is 0 Å². The third-order valence-electron chi connectivity index (χ3n) is 4.00. The van der Waals surface area contributed by atoms with E-state index in [1.54, 1.807) is 23.9 Å². The number of guanidine groups is 1. The van der Waals surface area contributed by atoms with Crippen LogP contribution in [0.2, 0.25) is 4.34 Å². The first-order valence-corrected chi connectivity index (χ1v) is 9.98. The summed E-state index contributed by atoms with van der Waals surface area (Å²) in [5.74, 6) is 2.61. The highest BCUT2D eigenvalue weighted by Gasteiger charge is 2.10. The van der Waals surface area contributed by atoms with Crippen LogP contribution in [0.25, 0.3) is 0 Å². The summed E-state index contributed by atoms with van der Waals surface area (Å²) in [4.78, 5) is 7.96. The van der Waals surface area contributed by atoms with E-state index in [0.29, 0.717) is 6.54 Å². The van der Waals surface area contributed by atoms with Gasteiger partial charge in [-0.1, -0.05) is 18.5 Å². The monoisotopic (exact) mass is 406 g/mol. The second kappa shape index (κ2) is 9.57. The molecule has 27 heavy (non-hydrogen) atoms. The molecule has 0 atom stereocenters. The Hall–Kier alpha value is -2.32. The van der Waals surface area contributed by atoms with Crippen molar-refractivity contribution in [3.63, 3.8) is 0 Å². The fourth-order valence-corrected chi connectivity index (χ4v) is 3.78. The second-order valence-electron chi connectivity index (χ2n) is 6.00. The molecule has 0 aliphatic carbocycles. The number of nitrogens with zero attached hydrogens (tertiary/aromatic N) is 5. The summed E-state index contributed by atoms with van der Waals surface area (Å²) in [5, 5.41) is 11.5. The van der Waals surface area contributed by atoms with E-state index < -0.39 is 0 Å². The van der Waals surface area contributed by atoms with Crippen molar-refractivity contribution < 1.29 is 4.42 Å². The summed E-state index contributed by atoms with van der Waals surface area (Å²) in [6.07, 6.45) is 4.28. The number of aryl methyl sites for hydroxylation is 1. The number of halogens is 1. The van der Waals surface area contributed by atoms with E-state index in [-0.39, 0.29) is 0 Å². The summed E-state index contributed by atoms with van der Waals surface area (Å²) in [7, 11) is 2.01. The zero-order valence-electron chi connectivity index (χ0n) is 15.4. The van der Waals surface area contributed by atoms with Gasteiger partial charge in [0, 0.05) is 31.4 Å². The number of hydrogen-bond acceptors (Lipinski definition) is 5. The van der Waals surface area contributed by atoms with E-state index in [1.807, 2.05) is 31.3 Å². The molecule has 7 nitrogen and oxygen atoms in total. The minimum atomic E-state index is 0.484. The molecule has 0 saturated heterocycles. The normalized spacial score (nSPS) is 11.7. The molecule has 0 bridgehead atoms. The SMILES string of the molecule is CCc1nncn1CCNC(=NCc1ccco1)N(C)Cc1ccc(Cl)s1. The quantitative estimate of drug-likeness (QED) is 0.458. The minimum absolute atomic E-state index is 0.484. The fourth-order valence-electron chi connectivity index (χ4n) is 2.64. The Morgan fingerprint density at radius 3 is 3.00 bits per heavy atom. The van der Waals surface area contributed by atoms with Crippen LogP contribution in [0.15, 0.2) is 46.3 Å². The number of nitrogens with one attached hydrogen (secondary N) is 1. The van der Waals surface area contributed by atoms with Crippen molar-refractivity contribution in [3.8, 4) is 0 Å². The number of rotatable bonds is 8. The van der Waals surface area contributed by atoms with Gasteiger partial charge in [0.1, 0.15) is 24.5 Å². The summed E-state index contributed by atoms with van der Waals surface area (Å²) in [6, 6.07) is 7.75. The maximum atomic E-state index is 6.05. The van der Waals surface area contributed by atoms with Crippen LogP contribution in [0.5, 0.6) is 0 Å². The molecule has 0 amide bonds. The smallest absolute Gasteiger partial charge is 0.194 e. The molecule has 0 aromatic carbocycles. The lowest BCUT2D eigenvalue weighted by Crippen LogP contribution is -2.40. The number of hydrogen-bond donors (Lipinski definition) is 1. The summed E-state index contributed by atoms with van der Waals surface area (Å²) in [6.45, 7) is 4.78. The number of furan rings is 1. The Kier molecular flexibility index (Phi) is 6.89. The highest BCUT2D eigenvalue weighted by Crippen LogP contribution is 2.22. The van der Waals surface area contributed by atoms with Crippen LogP contribution in [-0.4, -0.2) is 39.2 Å². The molecule has 0 fully saturated rings. The van der Waals surface area contributed by atoms with E-state index in [9.17, 15) is 0 Å². The van der Waals surface area contributed by atoms with Gasteiger partial charge in [0.15, 0.2) is 5.96 Å². The average Bonchev–Trinajstić information content (AvgIpc) is 3.40. The fraction of sp³-hybridized carbons (Fsp3) is 0.389. The van der Waals surface area contributed by atoms with E-state index >= 15 is 0 Å². The van der Waals surface area contributed by atoms with Crippen molar-refractivity contribution in [2.75, 3.05) is 13.6 Å². The van der Waals surface area contributed by atoms with Crippen LogP contribution in [0.1, 0.15) is 23.4 Å². The minimum Gasteiger partial charge on any atom is -0.467 e. The zero-order chi connectivity index (χ0) is 19.1. The maximum absolute atomic E-state index is 6.05. The molecule has 9 heteroatoms. The van der Waals surface area contributed by atoms with Crippen molar-refractivity contribution in [3.05, 3.63) is 57.7 Å². The first-order chi connectivity index (χ1) is 13.2. The molecule has 3 aromatic rings. The van der Waals surface area contributed by atoms with Gasteiger partial charge in [-0.25, -0.2) is 4.99 Å². The molecule has 0 unspecified atom stereocenters. The van der Waals surface area contributed by atoms with Crippen LogP contribution in [0, 0.1) is 0 Å².